The van der Waals surface area contributed by atoms with Gasteiger partial charge in [-0.2, -0.15) is 0 Å². The van der Waals surface area contributed by atoms with E-state index in [0.717, 1.165) is 42.2 Å². The predicted molar refractivity (Wildman–Crippen MR) is 97.8 cm³/mol. The predicted octanol–water partition coefficient (Wildman–Crippen LogP) is 3.14. The van der Waals surface area contributed by atoms with Gasteiger partial charge in [0.2, 0.25) is 6.79 Å². The number of fused-ring (bicyclic) bond motifs is 1. The van der Waals surface area contributed by atoms with Crippen LogP contribution in [0.5, 0.6) is 11.5 Å². The van der Waals surface area contributed by atoms with E-state index in [0.29, 0.717) is 12.8 Å². The summed E-state index contributed by atoms with van der Waals surface area (Å²) in [6, 6.07) is 8.68. The van der Waals surface area contributed by atoms with Crippen LogP contribution in [-0.2, 0) is 6.54 Å². The van der Waals surface area contributed by atoms with Crippen molar-refractivity contribution in [2.45, 2.75) is 12.6 Å². The summed E-state index contributed by atoms with van der Waals surface area (Å²) < 4.78 is 11.9. The summed E-state index contributed by atoms with van der Waals surface area (Å²) in [5.41, 5.74) is 2.47. The average molecular weight is 413 g/mol. The van der Waals surface area contributed by atoms with Crippen LogP contribution in [0, 0.1) is 0 Å². The number of pyridine rings is 1. The molecule has 1 saturated heterocycles. The Labute approximate surface area is 155 Å². The van der Waals surface area contributed by atoms with Crippen LogP contribution in [0.15, 0.2) is 41.1 Å². The molecule has 1 atom stereocenters. The Hall–Kier alpha value is -1.34. The molecule has 2 aromatic rings. The van der Waals surface area contributed by atoms with Gasteiger partial charge in [-0.15, -0.1) is 12.4 Å². The molecule has 4 rings (SSSR count). The first kappa shape index (κ1) is 17.5. The lowest BCUT2D eigenvalue weighted by Gasteiger charge is -2.36. The molecule has 2 aliphatic heterocycles. The van der Waals surface area contributed by atoms with E-state index in [1.54, 1.807) is 0 Å². The topological polar surface area (TPSA) is 46.6 Å². The fourth-order valence-corrected chi connectivity index (χ4v) is 3.79. The summed E-state index contributed by atoms with van der Waals surface area (Å²) in [6.07, 6.45) is 3.78. The van der Waals surface area contributed by atoms with Gasteiger partial charge in [0, 0.05) is 44.6 Å². The summed E-state index contributed by atoms with van der Waals surface area (Å²) >= 11 is 3.58. The summed E-state index contributed by atoms with van der Waals surface area (Å²) in [6.45, 7) is 4.12. The van der Waals surface area contributed by atoms with Gasteiger partial charge in [0.15, 0.2) is 11.5 Å². The smallest absolute Gasteiger partial charge is 0.231 e. The van der Waals surface area contributed by atoms with E-state index in [-0.39, 0.29) is 12.4 Å². The van der Waals surface area contributed by atoms with E-state index >= 15 is 0 Å². The van der Waals surface area contributed by atoms with Gasteiger partial charge < -0.3 is 14.8 Å². The van der Waals surface area contributed by atoms with Crippen molar-refractivity contribution in [2.24, 2.45) is 0 Å². The Morgan fingerprint density at radius 2 is 2.25 bits per heavy atom. The van der Waals surface area contributed by atoms with Crippen LogP contribution in [0.1, 0.15) is 17.2 Å². The quantitative estimate of drug-likeness (QED) is 0.839. The molecule has 5 nitrogen and oxygen atoms in total. The minimum atomic E-state index is 0. The number of nitrogens with zero attached hydrogens (tertiary/aromatic N) is 2. The molecule has 0 spiro atoms. The maximum absolute atomic E-state index is 5.53. The molecule has 7 heteroatoms. The number of nitrogens with one attached hydrogen (secondary N) is 1. The highest BCUT2D eigenvalue weighted by Crippen LogP contribution is 2.40. The monoisotopic (exact) mass is 411 g/mol. The number of rotatable bonds is 3. The molecule has 0 aliphatic carbocycles. The Morgan fingerprint density at radius 1 is 1.33 bits per heavy atom. The maximum atomic E-state index is 5.53. The number of benzene rings is 1. The van der Waals surface area contributed by atoms with Crippen molar-refractivity contribution >= 4 is 28.3 Å². The Kier molecular flexibility index (Phi) is 5.61. The minimum Gasteiger partial charge on any atom is -0.454 e. The normalized spacial score (nSPS) is 19.8. The second kappa shape index (κ2) is 7.70. The van der Waals surface area contributed by atoms with Crippen molar-refractivity contribution in [3.05, 3.63) is 52.3 Å². The van der Waals surface area contributed by atoms with E-state index in [9.17, 15) is 0 Å². The minimum absolute atomic E-state index is 0. The van der Waals surface area contributed by atoms with Crippen molar-refractivity contribution < 1.29 is 9.47 Å². The first-order chi connectivity index (χ1) is 11.3. The van der Waals surface area contributed by atoms with Gasteiger partial charge in [-0.1, -0.05) is 6.07 Å². The standard InChI is InChI=1S/C17H18BrN3O2.ClH/c18-14-6-12(7-16-17(14)23-11-22-16)10-21-5-4-20-9-15(21)13-2-1-3-19-8-13;/h1-3,6-8,15,20H,4-5,9-11H2;1H. The fraction of sp³-hybridized carbons (Fsp3) is 0.353. The first-order valence-corrected chi connectivity index (χ1v) is 8.53. The van der Waals surface area contributed by atoms with Crippen LogP contribution >= 0.6 is 28.3 Å². The third-order valence-electron chi connectivity index (χ3n) is 4.30. The van der Waals surface area contributed by atoms with Crippen molar-refractivity contribution in [1.82, 2.24) is 15.2 Å². The fourth-order valence-electron chi connectivity index (χ4n) is 3.18. The Balaban J connectivity index is 0.00000169. The SMILES string of the molecule is Brc1cc(CN2CCNCC2c2cccnc2)cc2c1OCO2.Cl. The van der Waals surface area contributed by atoms with E-state index in [4.69, 9.17) is 9.47 Å². The summed E-state index contributed by atoms with van der Waals surface area (Å²) in [5.74, 6) is 1.63. The lowest BCUT2D eigenvalue weighted by molar-refractivity contribution is 0.153. The zero-order valence-corrected chi connectivity index (χ0v) is 15.5. The van der Waals surface area contributed by atoms with Gasteiger partial charge in [-0.05, 0) is 45.3 Å². The number of ether oxygens (including phenoxy) is 2. The number of piperazine rings is 1. The lowest BCUT2D eigenvalue weighted by atomic mass is 10.0. The van der Waals surface area contributed by atoms with Crippen LogP contribution in [0.2, 0.25) is 0 Å². The highest BCUT2D eigenvalue weighted by Gasteiger charge is 2.25. The van der Waals surface area contributed by atoms with E-state index in [1.807, 2.05) is 18.5 Å². The molecule has 1 unspecified atom stereocenters. The zero-order valence-electron chi connectivity index (χ0n) is 13.1. The lowest BCUT2D eigenvalue weighted by Crippen LogP contribution is -2.45. The van der Waals surface area contributed by atoms with E-state index < -0.39 is 0 Å². The molecule has 1 N–H and O–H groups in total. The van der Waals surface area contributed by atoms with Gasteiger partial charge in [-0.3, -0.25) is 9.88 Å². The number of aromatic nitrogens is 1. The molecule has 0 saturated carbocycles. The molecule has 128 valence electrons. The van der Waals surface area contributed by atoms with Gasteiger partial charge in [0.25, 0.3) is 0 Å². The first-order valence-electron chi connectivity index (χ1n) is 7.74. The average Bonchev–Trinajstić information content (AvgIpc) is 3.05. The molecule has 24 heavy (non-hydrogen) atoms. The Bertz CT molecular complexity index is 702. The molecular formula is C17H19BrClN3O2. The highest BCUT2D eigenvalue weighted by atomic mass is 79.9. The number of hydrogen-bond donors (Lipinski definition) is 1. The van der Waals surface area contributed by atoms with Crippen LogP contribution in [0.3, 0.4) is 0 Å². The molecule has 0 amide bonds. The van der Waals surface area contributed by atoms with Crippen LogP contribution < -0.4 is 14.8 Å². The number of hydrogen-bond acceptors (Lipinski definition) is 5. The molecule has 3 heterocycles. The third-order valence-corrected chi connectivity index (χ3v) is 4.89. The summed E-state index contributed by atoms with van der Waals surface area (Å²) in [7, 11) is 0. The largest absolute Gasteiger partial charge is 0.454 e. The maximum Gasteiger partial charge on any atom is 0.231 e. The number of halogens is 2. The van der Waals surface area contributed by atoms with Crippen molar-refractivity contribution in [3.63, 3.8) is 0 Å². The molecule has 0 bridgehead atoms. The molecule has 1 aromatic carbocycles. The Morgan fingerprint density at radius 3 is 3.08 bits per heavy atom. The molecule has 2 aliphatic rings. The van der Waals surface area contributed by atoms with Gasteiger partial charge in [-0.25, -0.2) is 0 Å². The molecule has 1 fully saturated rings. The summed E-state index contributed by atoms with van der Waals surface area (Å²) in [4.78, 5) is 6.75. The second-order valence-corrected chi connectivity index (χ2v) is 6.64. The summed E-state index contributed by atoms with van der Waals surface area (Å²) in [5, 5.41) is 3.48. The van der Waals surface area contributed by atoms with Crippen molar-refractivity contribution in [2.75, 3.05) is 26.4 Å². The van der Waals surface area contributed by atoms with Crippen LogP contribution in [0.4, 0.5) is 0 Å². The molecular weight excluding hydrogens is 394 g/mol. The second-order valence-electron chi connectivity index (χ2n) is 5.79. The van der Waals surface area contributed by atoms with Gasteiger partial charge in [0.1, 0.15) is 0 Å². The van der Waals surface area contributed by atoms with Crippen LogP contribution in [-0.4, -0.2) is 36.3 Å². The van der Waals surface area contributed by atoms with Gasteiger partial charge >= 0.3 is 0 Å². The molecule has 1 aromatic heterocycles. The highest BCUT2D eigenvalue weighted by molar-refractivity contribution is 9.10. The van der Waals surface area contributed by atoms with Crippen molar-refractivity contribution in [1.29, 1.82) is 0 Å². The third kappa shape index (κ3) is 3.52. The molecule has 0 radical (unpaired) electrons. The van der Waals surface area contributed by atoms with Crippen LogP contribution in [0.25, 0.3) is 0 Å². The zero-order chi connectivity index (χ0) is 15.6. The van der Waals surface area contributed by atoms with Crippen molar-refractivity contribution in [3.8, 4) is 11.5 Å². The van der Waals surface area contributed by atoms with Gasteiger partial charge in [0.05, 0.1) is 4.47 Å². The van der Waals surface area contributed by atoms with E-state index in [1.165, 1.54) is 11.1 Å². The van der Waals surface area contributed by atoms with E-state index in [2.05, 4.69) is 49.3 Å².